The second kappa shape index (κ2) is 6.85. The van der Waals surface area contributed by atoms with Crippen LogP contribution in [-0.2, 0) is 9.53 Å². The second-order valence-corrected chi connectivity index (χ2v) is 6.91. The van der Waals surface area contributed by atoms with E-state index in [9.17, 15) is 9.59 Å². The van der Waals surface area contributed by atoms with E-state index >= 15 is 0 Å². The Morgan fingerprint density at radius 2 is 1.96 bits per heavy atom. The number of hydrogen-bond acceptors (Lipinski definition) is 3. The number of rotatable bonds is 3. The average Bonchev–Trinajstić information content (AvgIpc) is 2.92. The highest BCUT2D eigenvalue weighted by Gasteiger charge is 2.35. The number of benzene rings is 1. The van der Waals surface area contributed by atoms with Crippen molar-refractivity contribution in [3.8, 4) is 0 Å². The van der Waals surface area contributed by atoms with Crippen LogP contribution in [0.3, 0.4) is 0 Å². The lowest BCUT2D eigenvalue weighted by atomic mass is 9.95. The van der Waals surface area contributed by atoms with Gasteiger partial charge in [-0.1, -0.05) is 30.7 Å². The highest BCUT2D eigenvalue weighted by molar-refractivity contribution is 6.30. The molecule has 1 aromatic rings. The zero-order chi connectivity index (χ0) is 17.3. The molecule has 128 valence electrons. The van der Waals surface area contributed by atoms with Crippen LogP contribution in [0.15, 0.2) is 35.5 Å². The van der Waals surface area contributed by atoms with Gasteiger partial charge in [-0.25, -0.2) is 9.59 Å². The fourth-order valence-corrected chi connectivity index (χ4v) is 3.48. The summed E-state index contributed by atoms with van der Waals surface area (Å²) in [6.07, 6.45) is 2.99. The van der Waals surface area contributed by atoms with Crippen molar-refractivity contribution in [1.29, 1.82) is 0 Å². The van der Waals surface area contributed by atoms with Gasteiger partial charge in [0.05, 0.1) is 11.6 Å². The largest absolute Gasteiger partial charge is 0.459 e. The van der Waals surface area contributed by atoms with Crippen molar-refractivity contribution in [1.82, 2.24) is 10.6 Å². The van der Waals surface area contributed by atoms with Crippen molar-refractivity contribution in [3.63, 3.8) is 0 Å². The Morgan fingerprint density at radius 1 is 1.25 bits per heavy atom. The van der Waals surface area contributed by atoms with Gasteiger partial charge in [0.25, 0.3) is 0 Å². The van der Waals surface area contributed by atoms with E-state index in [0.717, 1.165) is 24.8 Å². The Kier molecular flexibility index (Phi) is 4.81. The van der Waals surface area contributed by atoms with E-state index in [1.54, 1.807) is 31.2 Å². The van der Waals surface area contributed by atoms with Crippen LogP contribution in [0.25, 0.3) is 0 Å². The number of amides is 2. The molecule has 1 aliphatic heterocycles. The Morgan fingerprint density at radius 3 is 2.58 bits per heavy atom. The molecule has 2 N–H and O–H groups in total. The monoisotopic (exact) mass is 348 g/mol. The predicted octanol–water partition coefficient (Wildman–Crippen LogP) is 3.70. The Hall–Kier alpha value is -2.01. The van der Waals surface area contributed by atoms with Crippen LogP contribution in [-0.4, -0.2) is 18.1 Å². The number of halogens is 1. The number of allylic oxidation sites excluding steroid dienone is 1. The molecule has 0 unspecified atom stereocenters. The van der Waals surface area contributed by atoms with E-state index in [4.69, 9.17) is 16.3 Å². The molecule has 2 aliphatic rings. The van der Waals surface area contributed by atoms with Gasteiger partial charge < -0.3 is 15.4 Å². The van der Waals surface area contributed by atoms with Crippen molar-refractivity contribution in [3.05, 3.63) is 46.1 Å². The van der Waals surface area contributed by atoms with E-state index in [1.807, 2.05) is 0 Å². The maximum Gasteiger partial charge on any atom is 0.338 e. The molecule has 3 rings (SSSR count). The molecule has 0 bridgehead atoms. The molecule has 1 aromatic carbocycles. The van der Waals surface area contributed by atoms with Crippen LogP contribution < -0.4 is 10.6 Å². The summed E-state index contributed by atoms with van der Waals surface area (Å²) in [4.78, 5) is 24.6. The van der Waals surface area contributed by atoms with E-state index in [2.05, 4.69) is 17.6 Å². The first-order valence-electron chi connectivity index (χ1n) is 8.20. The maximum absolute atomic E-state index is 12.8. The van der Waals surface area contributed by atoms with Crippen molar-refractivity contribution >= 4 is 23.6 Å². The van der Waals surface area contributed by atoms with Gasteiger partial charge in [0.2, 0.25) is 0 Å². The van der Waals surface area contributed by atoms with E-state index < -0.39 is 6.04 Å². The lowest BCUT2D eigenvalue weighted by molar-refractivity contribution is -0.146. The molecule has 5 nitrogen and oxygen atoms in total. The molecule has 1 aliphatic carbocycles. The molecule has 1 heterocycles. The van der Waals surface area contributed by atoms with Crippen LogP contribution >= 0.6 is 11.6 Å². The zero-order valence-electron chi connectivity index (χ0n) is 13.8. The lowest BCUT2D eigenvalue weighted by Gasteiger charge is -2.29. The van der Waals surface area contributed by atoms with Gasteiger partial charge in [-0.05, 0) is 49.8 Å². The third-order valence-electron chi connectivity index (χ3n) is 4.73. The summed E-state index contributed by atoms with van der Waals surface area (Å²) < 4.78 is 5.73. The summed E-state index contributed by atoms with van der Waals surface area (Å²) in [6, 6.07) is 6.21. The first-order chi connectivity index (χ1) is 11.5. The molecule has 0 aromatic heterocycles. The van der Waals surface area contributed by atoms with Gasteiger partial charge in [-0.15, -0.1) is 0 Å². The fourth-order valence-electron chi connectivity index (χ4n) is 3.36. The first kappa shape index (κ1) is 16.8. The summed E-state index contributed by atoms with van der Waals surface area (Å²) in [5.41, 5.74) is 1.75. The number of nitrogens with one attached hydrogen (secondary N) is 2. The van der Waals surface area contributed by atoms with Crippen LogP contribution in [0.5, 0.6) is 0 Å². The molecule has 24 heavy (non-hydrogen) atoms. The molecule has 2 amide bonds. The third-order valence-corrected chi connectivity index (χ3v) is 4.99. The first-order valence-corrected chi connectivity index (χ1v) is 8.58. The number of ether oxygens (including phenoxy) is 1. The van der Waals surface area contributed by atoms with Gasteiger partial charge in [0.1, 0.15) is 6.10 Å². The highest BCUT2D eigenvalue weighted by Crippen LogP contribution is 2.32. The quantitative estimate of drug-likeness (QED) is 0.818. The SMILES string of the molecule is CC1=C(C(=O)O[C@@H]2CCC[C@H]2C)[C@@H](c2ccc(Cl)cc2)NC(=O)N1. The molecule has 0 spiro atoms. The molecule has 6 heteroatoms. The van der Waals surface area contributed by atoms with Gasteiger partial charge in [0, 0.05) is 10.7 Å². The van der Waals surface area contributed by atoms with Crippen LogP contribution in [0, 0.1) is 5.92 Å². The summed E-state index contributed by atoms with van der Waals surface area (Å²) in [6.45, 7) is 3.82. The summed E-state index contributed by atoms with van der Waals surface area (Å²) in [5, 5.41) is 6.06. The topological polar surface area (TPSA) is 67.4 Å². The number of carbonyl (C=O) groups excluding carboxylic acids is 2. The minimum Gasteiger partial charge on any atom is -0.459 e. The molecule has 1 fully saturated rings. The van der Waals surface area contributed by atoms with Crippen molar-refractivity contribution in [2.24, 2.45) is 5.92 Å². The van der Waals surface area contributed by atoms with Gasteiger partial charge in [-0.3, -0.25) is 0 Å². The normalized spacial score (nSPS) is 26.8. The van der Waals surface area contributed by atoms with E-state index in [-0.39, 0.29) is 18.1 Å². The van der Waals surface area contributed by atoms with E-state index in [1.165, 1.54) is 0 Å². The molecule has 3 atom stereocenters. The summed E-state index contributed by atoms with van der Waals surface area (Å²) >= 11 is 5.93. The van der Waals surface area contributed by atoms with Gasteiger partial charge in [0.15, 0.2) is 0 Å². The van der Waals surface area contributed by atoms with Gasteiger partial charge >= 0.3 is 12.0 Å². The number of urea groups is 1. The molecular formula is C18H21ClN2O3. The predicted molar refractivity (Wildman–Crippen MR) is 91.5 cm³/mol. The van der Waals surface area contributed by atoms with Crippen LogP contribution in [0.1, 0.15) is 44.7 Å². The Balaban J connectivity index is 1.88. The fraction of sp³-hybridized carbons (Fsp3) is 0.444. The van der Waals surface area contributed by atoms with Gasteiger partial charge in [-0.2, -0.15) is 0 Å². The van der Waals surface area contributed by atoms with Crippen molar-refractivity contribution in [2.75, 3.05) is 0 Å². The van der Waals surface area contributed by atoms with E-state index in [0.29, 0.717) is 22.2 Å². The highest BCUT2D eigenvalue weighted by atomic mass is 35.5. The number of carbonyl (C=O) groups is 2. The van der Waals surface area contributed by atoms with Crippen molar-refractivity contribution in [2.45, 2.75) is 45.3 Å². The maximum atomic E-state index is 12.8. The average molecular weight is 349 g/mol. The standard InChI is InChI=1S/C18H21ClN2O3/c1-10-4-3-5-14(10)24-17(22)15-11(2)20-18(23)21-16(15)12-6-8-13(19)9-7-12/h6-10,14,16H,3-5H2,1-2H3,(H2,20,21,23)/t10-,14-,16-/m1/s1. The Bertz CT molecular complexity index is 684. The minimum absolute atomic E-state index is 0.0544. The second-order valence-electron chi connectivity index (χ2n) is 6.47. The number of hydrogen-bond donors (Lipinski definition) is 2. The lowest BCUT2D eigenvalue weighted by Crippen LogP contribution is -2.45. The molecule has 0 saturated heterocycles. The molecular weight excluding hydrogens is 328 g/mol. The van der Waals surface area contributed by atoms with Crippen LogP contribution in [0.4, 0.5) is 4.79 Å². The zero-order valence-corrected chi connectivity index (χ0v) is 14.5. The summed E-state index contributed by atoms with van der Waals surface area (Å²) in [5.74, 6) is -0.00585. The van der Waals surface area contributed by atoms with Crippen LogP contribution in [0.2, 0.25) is 5.02 Å². The minimum atomic E-state index is -0.541. The smallest absolute Gasteiger partial charge is 0.338 e. The Labute approximate surface area is 146 Å². The number of esters is 1. The molecule has 0 radical (unpaired) electrons. The van der Waals surface area contributed by atoms with Crippen molar-refractivity contribution < 1.29 is 14.3 Å². The summed E-state index contributed by atoms with van der Waals surface area (Å²) in [7, 11) is 0. The molecule has 1 saturated carbocycles. The third kappa shape index (κ3) is 3.41.